The van der Waals surface area contributed by atoms with Crippen molar-refractivity contribution < 1.29 is 14.6 Å². The third-order valence-electron chi connectivity index (χ3n) is 2.29. The van der Waals surface area contributed by atoms with E-state index < -0.39 is 0 Å². The second-order valence-corrected chi connectivity index (χ2v) is 4.17. The minimum atomic E-state index is -0.144. The number of hydrogen-bond acceptors (Lipinski definition) is 3. The highest BCUT2D eigenvalue weighted by Crippen LogP contribution is 2.15. The summed E-state index contributed by atoms with van der Waals surface area (Å²) in [7, 11) is 0. The van der Waals surface area contributed by atoms with Gasteiger partial charge in [-0.25, -0.2) is 0 Å². The molecule has 0 saturated carbocycles. The summed E-state index contributed by atoms with van der Waals surface area (Å²) < 4.78 is 5.32. The van der Waals surface area contributed by atoms with Crippen molar-refractivity contribution in [2.45, 2.75) is 26.9 Å². The van der Waals surface area contributed by atoms with E-state index in [4.69, 9.17) is 4.74 Å². The Morgan fingerprint density at radius 1 is 1.47 bits per heavy atom. The Kier molecular flexibility index (Phi) is 4.97. The minimum absolute atomic E-state index is 0.144. The maximum Gasteiger partial charge on any atom is 0.251 e. The van der Waals surface area contributed by atoms with E-state index in [9.17, 15) is 9.90 Å². The molecule has 1 rings (SSSR count). The molecule has 4 nitrogen and oxygen atoms in total. The molecule has 4 heteroatoms. The third-order valence-corrected chi connectivity index (χ3v) is 2.29. The number of amides is 1. The van der Waals surface area contributed by atoms with Crippen molar-refractivity contribution in [1.29, 1.82) is 0 Å². The van der Waals surface area contributed by atoms with Gasteiger partial charge >= 0.3 is 0 Å². The molecule has 0 unspecified atom stereocenters. The summed E-state index contributed by atoms with van der Waals surface area (Å²) in [6.45, 7) is 6.68. The molecule has 0 aromatic heterocycles. The van der Waals surface area contributed by atoms with Gasteiger partial charge in [-0.05, 0) is 44.5 Å². The van der Waals surface area contributed by atoms with Crippen molar-refractivity contribution in [2.24, 2.45) is 0 Å². The predicted octanol–water partition coefficient (Wildman–Crippen LogP) is 1.86. The summed E-state index contributed by atoms with van der Waals surface area (Å²) in [6, 6.07) is 4.69. The molecule has 0 saturated heterocycles. The Balaban J connectivity index is 2.47. The molecular formula is C13H19NO3. The van der Waals surface area contributed by atoms with Crippen LogP contribution in [-0.4, -0.2) is 30.3 Å². The Morgan fingerprint density at radius 3 is 2.76 bits per heavy atom. The van der Waals surface area contributed by atoms with Crippen LogP contribution < -0.4 is 5.32 Å². The Labute approximate surface area is 102 Å². The number of phenols is 1. The topological polar surface area (TPSA) is 58.6 Å². The number of carbonyl (C=O) groups is 1. The lowest BCUT2D eigenvalue weighted by atomic mass is 10.1. The second-order valence-electron chi connectivity index (χ2n) is 4.17. The summed E-state index contributed by atoms with van der Waals surface area (Å²) in [6.07, 6.45) is 0.169. The maximum atomic E-state index is 11.8. The van der Waals surface area contributed by atoms with Crippen LogP contribution in [0.4, 0.5) is 0 Å². The summed E-state index contributed by atoms with van der Waals surface area (Å²) in [5.74, 6) is 0.0250. The third kappa shape index (κ3) is 4.44. The lowest BCUT2D eigenvalue weighted by molar-refractivity contribution is 0.0746. The number of hydrogen-bond donors (Lipinski definition) is 2. The molecule has 0 atom stereocenters. The highest BCUT2D eigenvalue weighted by atomic mass is 16.5. The fraction of sp³-hybridized carbons (Fsp3) is 0.462. The van der Waals surface area contributed by atoms with Crippen LogP contribution in [0, 0.1) is 6.92 Å². The number of phenolic OH excluding ortho intramolecular Hbond substituents is 1. The molecule has 1 amide bonds. The number of nitrogens with one attached hydrogen (secondary N) is 1. The molecule has 0 bridgehead atoms. The minimum Gasteiger partial charge on any atom is -0.508 e. The van der Waals surface area contributed by atoms with Crippen LogP contribution in [0.2, 0.25) is 0 Å². The van der Waals surface area contributed by atoms with E-state index in [0.717, 1.165) is 5.56 Å². The number of ether oxygens (including phenoxy) is 1. The van der Waals surface area contributed by atoms with Crippen molar-refractivity contribution >= 4 is 5.91 Å². The molecule has 0 aliphatic carbocycles. The number of carbonyl (C=O) groups excluding carboxylic acids is 1. The van der Waals surface area contributed by atoms with Gasteiger partial charge in [-0.3, -0.25) is 4.79 Å². The first kappa shape index (κ1) is 13.5. The SMILES string of the molecule is Cc1cc(O)ccc1C(=O)NCCOC(C)C. The van der Waals surface area contributed by atoms with Gasteiger partial charge in [0.15, 0.2) is 0 Å². The van der Waals surface area contributed by atoms with Crippen molar-refractivity contribution in [3.8, 4) is 5.75 Å². The van der Waals surface area contributed by atoms with Crippen molar-refractivity contribution in [2.75, 3.05) is 13.2 Å². The van der Waals surface area contributed by atoms with E-state index in [1.165, 1.54) is 6.07 Å². The first-order valence-corrected chi connectivity index (χ1v) is 5.70. The number of aryl methyl sites for hydroxylation is 1. The number of aromatic hydroxyl groups is 1. The zero-order chi connectivity index (χ0) is 12.8. The average Bonchev–Trinajstić information content (AvgIpc) is 2.23. The van der Waals surface area contributed by atoms with Gasteiger partial charge in [0, 0.05) is 12.1 Å². The van der Waals surface area contributed by atoms with Crippen LogP contribution in [0.25, 0.3) is 0 Å². The molecule has 1 aromatic rings. The molecule has 0 aliphatic heterocycles. The molecule has 0 aliphatic rings. The molecule has 0 heterocycles. The fourth-order valence-electron chi connectivity index (χ4n) is 1.46. The molecule has 94 valence electrons. The molecule has 17 heavy (non-hydrogen) atoms. The summed E-state index contributed by atoms with van der Waals surface area (Å²) >= 11 is 0. The zero-order valence-electron chi connectivity index (χ0n) is 10.5. The summed E-state index contributed by atoms with van der Waals surface area (Å²) in [5.41, 5.74) is 1.33. The quantitative estimate of drug-likeness (QED) is 0.768. The molecule has 0 radical (unpaired) electrons. The van der Waals surface area contributed by atoms with E-state index in [-0.39, 0.29) is 17.8 Å². The average molecular weight is 237 g/mol. The van der Waals surface area contributed by atoms with E-state index in [2.05, 4.69) is 5.32 Å². The molecule has 1 aromatic carbocycles. The van der Waals surface area contributed by atoms with Gasteiger partial charge in [0.2, 0.25) is 0 Å². The Hall–Kier alpha value is -1.55. The van der Waals surface area contributed by atoms with Gasteiger partial charge in [0.05, 0.1) is 12.7 Å². The maximum absolute atomic E-state index is 11.8. The predicted molar refractivity (Wildman–Crippen MR) is 66.3 cm³/mol. The van der Waals surface area contributed by atoms with E-state index in [0.29, 0.717) is 18.7 Å². The van der Waals surface area contributed by atoms with Gasteiger partial charge in [0.1, 0.15) is 5.75 Å². The molecule has 2 N–H and O–H groups in total. The standard InChI is InChI=1S/C13H19NO3/c1-9(2)17-7-6-14-13(16)12-5-4-11(15)8-10(12)3/h4-5,8-9,15H,6-7H2,1-3H3,(H,14,16). The lowest BCUT2D eigenvalue weighted by Gasteiger charge is -2.10. The van der Waals surface area contributed by atoms with Gasteiger partial charge < -0.3 is 15.2 Å². The number of benzene rings is 1. The van der Waals surface area contributed by atoms with Gasteiger partial charge in [-0.2, -0.15) is 0 Å². The van der Waals surface area contributed by atoms with E-state index in [1.54, 1.807) is 19.1 Å². The normalized spacial score (nSPS) is 10.6. The molecular weight excluding hydrogens is 218 g/mol. The van der Waals surface area contributed by atoms with Crippen molar-refractivity contribution in [3.05, 3.63) is 29.3 Å². The van der Waals surface area contributed by atoms with Crippen LogP contribution in [0.1, 0.15) is 29.8 Å². The fourth-order valence-corrected chi connectivity index (χ4v) is 1.46. The second kappa shape index (κ2) is 6.25. The monoisotopic (exact) mass is 237 g/mol. The summed E-state index contributed by atoms with van der Waals surface area (Å²) in [4.78, 5) is 11.8. The first-order valence-electron chi connectivity index (χ1n) is 5.70. The first-order chi connectivity index (χ1) is 8.00. The van der Waals surface area contributed by atoms with Crippen molar-refractivity contribution in [1.82, 2.24) is 5.32 Å². The van der Waals surface area contributed by atoms with E-state index >= 15 is 0 Å². The smallest absolute Gasteiger partial charge is 0.251 e. The van der Waals surface area contributed by atoms with Crippen molar-refractivity contribution in [3.63, 3.8) is 0 Å². The number of rotatable bonds is 5. The van der Waals surface area contributed by atoms with E-state index in [1.807, 2.05) is 13.8 Å². The molecule has 0 fully saturated rings. The molecule has 0 spiro atoms. The lowest BCUT2D eigenvalue weighted by Crippen LogP contribution is -2.28. The van der Waals surface area contributed by atoms with Crippen LogP contribution in [0.3, 0.4) is 0 Å². The van der Waals surface area contributed by atoms with Gasteiger partial charge in [-0.1, -0.05) is 0 Å². The van der Waals surface area contributed by atoms with Crippen LogP contribution in [-0.2, 0) is 4.74 Å². The zero-order valence-corrected chi connectivity index (χ0v) is 10.5. The van der Waals surface area contributed by atoms with Crippen LogP contribution in [0.15, 0.2) is 18.2 Å². The largest absolute Gasteiger partial charge is 0.508 e. The van der Waals surface area contributed by atoms with Crippen LogP contribution >= 0.6 is 0 Å². The highest BCUT2D eigenvalue weighted by molar-refractivity contribution is 5.95. The van der Waals surface area contributed by atoms with Crippen LogP contribution in [0.5, 0.6) is 5.75 Å². The van der Waals surface area contributed by atoms with Gasteiger partial charge in [0.25, 0.3) is 5.91 Å². The Bertz CT molecular complexity index is 388. The highest BCUT2D eigenvalue weighted by Gasteiger charge is 2.08. The summed E-state index contributed by atoms with van der Waals surface area (Å²) in [5, 5.41) is 12.0. The Morgan fingerprint density at radius 2 is 2.18 bits per heavy atom. The van der Waals surface area contributed by atoms with Gasteiger partial charge in [-0.15, -0.1) is 0 Å².